The zero-order valence-electron chi connectivity index (χ0n) is 8.68. The predicted octanol–water partition coefficient (Wildman–Crippen LogP) is 1.51. The lowest BCUT2D eigenvalue weighted by molar-refractivity contribution is 0.0868. The molecule has 0 bridgehead atoms. The van der Waals surface area contributed by atoms with Crippen LogP contribution in [0.2, 0.25) is 0 Å². The Morgan fingerprint density at radius 1 is 1.40 bits per heavy atom. The molecule has 4 heteroatoms. The first-order valence-corrected chi connectivity index (χ1v) is 5.07. The highest BCUT2D eigenvalue weighted by Gasteiger charge is 2.19. The van der Waals surface area contributed by atoms with E-state index in [1.165, 1.54) is 0 Å². The Morgan fingerprint density at radius 3 is 2.73 bits per heavy atom. The van der Waals surface area contributed by atoms with Crippen LogP contribution in [0.3, 0.4) is 0 Å². The molecule has 1 aliphatic heterocycles. The molecule has 15 heavy (non-hydrogen) atoms. The maximum Gasteiger partial charge on any atom is 0.170 e. The minimum Gasteiger partial charge on any atom is -0.495 e. The molecule has 2 heterocycles. The van der Waals surface area contributed by atoms with Crippen molar-refractivity contribution in [2.45, 2.75) is 25.9 Å². The average molecular weight is 206 g/mol. The van der Waals surface area contributed by atoms with Gasteiger partial charge in [-0.2, -0.15) is 0 Å². The first-order valence-electron chi connectivity index (χ1n) is 5.07. The monoisotopic (exact) mass is 206 g/mol. The number of nitrogens with zero attached hydrogens (tertiary/aromatic N) is 2. The summed E-state index contributed by atoms with van der Waals surface area (Å²) in [6, 6.07) is 0. The second-order valence-corrected chi connectivity index (χ2v) is 3.62. The molecule has 0 aromatic carbocycles. The van der Waals surface area contributed by atoms with Crippen LogP contribution < -0.4 is 0 Å². The number of rotatable bonds is 2. The van der Waals surface area contributed by atoms with Crippen LogP contribution in [-0.2, 0) is 4.74 Å². The summed E-state index contributed by atoms with van der Waals surface area (Å²) in [6.45, 7) is 2.57. The summed E-state index contributed by atoms with van der Waals surface area (Å²) < 4.78 is 5.36. The maximum atomic E-state index is 9.92. The molecule has 1 N–H and O–H groups in total. The van der Waals surface area contributed by atoms with Gasteiger partial charge in [-0.3, -0.25) is 0 Å². The SMILES string of the molecule is Cc1cnc(C(O)C2=CCCCO2)nc1. The molecule has 4 nitrogen and oxygen atoms in total. The summed E-state index contributed by atoms with van der Waals surface area (Å²) in [7, 11) is 0. The molecule has 1 aliphatic rings. The van der Waals surface area contributed by atoms with E-state index >= 15 is 0 Å². The van der Waals surface area contributed by atoms with Gasteiger partial charge < -0.3 is 9.84 Å². The van der Waals surface area contributed by atoms with Gasteiger partial charge in [0.25, 0.3) is 0 Å². The zero-order chi connectivity index (χ0) is 10.7. The molecule has 1 aromatic rings. The molecule has 0 saturated heterocycles. The fourth-order valence-corrected chi connectivity index (χ4v) is 1.44. The second kappa shape index (κ2) is 4.40. The number of ether oxygens (including phenoxy) is 1. The highest BCUT2D eigenvalue weighted by Crippen LogP contribution is 2.23. The van der Waals surface area contributed by atoms with Crippen molar-refractivity contribution in [2.24, 2.45) is 0 Å². The van der Waals surface area contributed by atoms with Crippen molar-refractivity contribution in [3.05, 3.63) is 35.6 Å². The predicted molar refractivity (Wildman–Crippen MR) is 55.0 cm³/mol. The molecule has 0 spiro atoms. The van der Waals surface area contributed by atoms with Crippen molar-refractivity contribution in [3.63, 3.8) is 0 Å². The smallest absolute Gasteiger partial charge is 0.170 e. The quantitative estimate of drug-likeness (QED) is 0.797. The minimum atomic E-state index is -0.828. The van der Waals surface area contributed by atoms with Crippen molar-refractivity contribution >= 4 is 0 Å². The molecule has 0 radical (unpaired) electrons. The van der Waals surface area contributed by atoms with Crippen molar-refractivity contribution in [2.75, 3.05) is 6.61 Å². The van der Waals surface area contributed by atoms with Crippen LogP contribution in [0.25, 0.3) is 0 Å². The molecule has 2 rings (SSSR count). The summed E-state index contributed by atoms with van der Waals surface area (Å²) in [5, 5.41) is 9.92. The number of aromatic nitrogens is 2. The van der Waals surface area contributed by atoms with Crippen LogP contribution in [-0.4, -0.2) is 21.7 Å². The van der Waals surface area contributed by atoms with Gasteiger partial charge in [0, 0.05) is 12.4 Å². The number of allylic oxidation sites excluding steroid dienone is 1. The molecule has 1 unspecified atom stereocenters. The highest BCUT2D eigenvalue weighted by molar-refractivity contribution is 5.12. The van der Waals surface area contributed by atoms with Crippen LogP contribution in [0.1, 0.15) is 30.3 Å². The Kier molecular flexibility index (Phi) is 2.97. The molecule has 0 fully saturated rings. The Morgan fingerprint density at radius 2 is 2.13 bits per heavy atom. The summed E-state index contributed by atoms with van der Waals surface area (Å²) in [5.74, 6) is 0.971. The normalized spacial score (nSPS) is 17.9. The van der Waals surface area contributed by atoms with Gasteiger partial charge >= 0.3 is 0 Å². The molecular formula is C11H14N2O2. The number of hydrogen-bond donors (Lipinski definition) is 1. The third-order valence-corrected chi connectivity index (χ3v) is 2.28. The van der Waals surface area contributed by atoms with E-state index in [1.54, 1.807) is 12.4 Å². The molecule has 1 atom stereocenters. The summed E-state index contributed by atoms with van der Waals surface area (Å²) >= 11 is 0. The summed E-state index contributed by atoms with van der Waals surface area (Å²) in [6.07, 6.45) is 6.40. The molecule has 1 aromatic heterocycles. The Labute approximate surface area is 88.6 Å². The van der Waals surface area contributed by atoms with Gasteiger partial charge in [0.15, 0.2) is 11.9 Å². The highest BCUT2D eigenvalue weighted by atomic mass is 16.5. The number of aliphatic hydroxyl groups excluding tert-OH is 1. The Hall–Kier alpha value is -1.42. The van der Waals surface area contributed by atoms with E-state index in [2.05, 4.69) is 9.97 Å². The van der Waals surface area contributed by atoms with E-state index in [0.29, 0.717) is 18.2 Å². The molecule has 0 saturated carbocycles. The fraction of sp³-hybridized carbons (Fsp3) is 0.455. The van der Waals surface area contributed by atoms with Crippen molar-refractivity contribution in [1.82, 2.24) is 9.97 Å². The van der Waals surface area contributed by atoms with Gasteiger partial charge in [-0.1, -0.05) is 0 Å². The first-order chi connectivity index (χ1) is 7.27. The van der Waals surface area contributed by atoms with Crippen molar-refractivity contribution < 1.29 is 9.84 Å². The van der Waals surface area contributed by atoms with Gasteiger partial charge in [-0.15, -0.1) is 0 Å². The van der Waals surface area contributed by atoms with E-state index in [1.807, 2.05) is 13.0 Å². The third kappa shape index (κ3) is 2.33. The standard InChI is InChI=1S/C11H14N2O2/c1-8-6-12-11(13-7-8)10(14)9-4-2-3-5-15-9/h4,6-7,10,14H,2-3,5H2,1H3. The zero-order valence-corrected chi connectivity index (χ0v) is 8.68. The summed E-state index contributed by atoms with van der Waals surface area (Å²) in [4.78, 5) is 8.14. The van der Waals surface area contributed by atoms with Crippen LogP contribution in [0.15, 0.2) is 24.2 Å². The van der Waals surface area contributed by atoms with Crippen LogP contribution in [0.4, 0.5) is 0 Å². The lowest BCUT2D eigenvalue weighted by Gasteiger charge is -2.18. The number of hydrogen-bond acceptors (Lipinski definition) is 4. The maximum absolute atomic E-state index is 9.92. The number of aliphatic hydroxyl groups is 1. The van der Waals surface area contributed by atoms with Crippen LogP contribution in [0.5, 0.6) is 0 Å². The van der Waals surface area contributed by atoms with Crippen LogP contribution in [0, 0.1) is 6.92 Å². The summed E-state index contributed by atoms with van der Waals surface area (Å²) in [5.41, 5.74) is 0.976. The number of aryl methyl sites for hydroxylation is 1. The van der Waals surface area contributed by atoms with Gasteiger partial charge in [-0.25, -0.2) is 9.97 Å². The average Bonchev–Trinajstić information content (AvgIpc) is 2.30. The van der Waals surface area contributed by atoms with Gasteiger partial charge in [0.2, 0.25) is 0 Å². The third-order valence-electron chi connectivity index (χ3n) is 2.28. The van der Waals surface area contributed by atoms with E-state index in [0.717, 1.165) is 18.4 Å². The van der Waals surface area contributed by atoms with E-state index in [9.17, 15) is 5.11 Å². The van der Waals surface area contributed by atoms with E-state index in [-0.39, 0.29) is 0 Å². The molecular weight excluding hydrogens is 192 g/mol. The van der Waals surface area contributed by atoms with E-state index < -0.39 is 6.10 Å². The first kappa shape index (κ1) is 10.1. The molecule has 0 amide bonds. The largest absolute Gasteiger partial charge is 0.495 e. The van der Waals surface area contributed by atoms with Gasteiger partial charge in [-0.05, 0) is 31.4 Å². The van der Waals surface area contributed by atoms with Crippen molar-refractivity contribution in [1.29, 1.82) is 0 Å². The molecule has 0 aliphatic carbocycles. The van der Waals surface area contributed by atoms with Crippen molar-refractivity contribution in [3.8, 4) is 0 Å². The fourth-order valence-electron chi connectivity index (χ4n) is 1.44. The Balaban J connectivity index is 2.16. The lowest BCUT2D eigenvalue weighted by Crippen LogP contribution is -2.12. The lowest BCUT2D eigenvalue weighted by atomic mass is 10.1. The van der Waals surface area contributed by atoms with E-state index in [4.69, 9.17) is 4.74 Å². The second-order valence-electron chi connectivity index (χ2n) is 3.62. The van der Waals surface area contributed by atoms with Gasteiger partial charge in [0.1, 0.15) is 5.76 Å². The Bertz CT molecular complexity index is 359. The minimum absolute atomic E-state index is 0.397. The molecule has 80 valence electrons. The topological polar surface area (TPSA) is 55.2 Å². The van der Waals surface area contributed by atoms with Gasteiger partial charge in [0.05, 0.1) is 6.61 Å². The van der Waals surface area contributed by atoms with Crippen LogP contribution >= 0.6 is 0 Å².